The lowest BCUT2D eigenvalue weighted by Crippen LogP contribution is -2.64. The van der Waals surface area contributed by atoms with Gasteiger partial charge in [0.1, 0.15) is 74.8 Å². The van der Waals surface area contributed by atoms with E-state index in [0.717, 1.165) is 58.6 Å². The molecule has 4 aromatic rings. The molecule has 2 aromatic heterocycles. The van der Waals surface area contributed by atoms with E-state index >= 15 is 0 Å². The standard InChI is InChI=1S/2C34H49N5O7/c1-5-21(2)30-34(45)38-18-12-11-16-28(38)33(44)35-25(14-7-6-8-17-29(41)22(3)40)31(42)36-26(32(43)37-30)19-23-20-39(46-4)27-15-10-9-13-24(23)27;1-5-21(3)30-34(45)38-18-12-11-16-27(38)33(44)35-24(14-8-10-17-29(41)28(40)6-2)31(42)36-25(32(43)37-30)19-22-20-39(46-4)26-15-9-7-13-23(22)26/h9-10,13,15,20-22,25-26,28,30,40H,5-8,11-12,14,16-19H2,1-4H3,(H,35,44)(H,36,42)(H,37,43);7,9,13,15,20-21,24-25,27,29-30,41H,5-6,8,10-12,14,16-19H2,1-4H3,(H,35,44)(H,36,42)(H,37,43)/t21?,22?,25-,26-,28+,30-;21?,24-,25-,27+,29?,30-/m00/s1. The average Bonchev–Trinajstić information content (AvgIpc) is 1.47. The smallest absolute Gasteiger partial charge is 0.246 e. The highest BCUT2D eigenvalue weighted by molar-refractivity contribution is 6.00. The molecule has 0 radical (unpaired) electrons. The third-order valence-corrected chi connectivity index (χ3v) is 18.8. The molecule has 0 saturated carbocycles. The van der Waals surface area contributed by atoms with Gasteiger partial charge in [0.15, 0.2) is 11.6 Å². The van der Waals surface area contributed by atoms with Gasteiger partial charge in [0.05, 0.1) is 11.0 Å². The first-order valence-electron chi connectivity index (χ1n) is 33.3. The lowest BCUT2D eigenvalue weighted by molar-refractivity contribution is -0.147. The van der Waals surface area contributed by atoms with E-state index in [-0.39, 0.29) is 86.1 Å². The van der Waals surface area contributed by atoms with E-state index in [1.54, 1.807) is 52.8 Å². The maximum atomic E-state index is 14.0. The molecular weight excluding hydrogens is 1180 g/mol. The van der Waals surface area contributed by atoms with Gasteiger partial charge in [-0.05, 0) is 106 Å². The van der Waals surface area contributed by atoms with Crippen LogP contribution in [0.15, 0.2) is 60.9 Å². The zero-order valence-electron chi connectivity index (χ0n) is 54.8. The van der Waals surface area contributed by atoms with Gasteiger partial charge < -0.3 is 61.6 Å². The minimum absolute atomic E-state index is 0.119. The van der Waals surface area contributed by atoms with Gasteiger partial charge in [-0.2, -0.15) is 9.46 Å². The lowest BCUT2D eigenvalue weighted by Gasteiger charge is -2.39. The monoisotopic (exact) mass is 1280 g/mol. The molecular formula is C68H98N10O14. The van der Waals surface area contributed by atoms with Crippen molar-refractivity contribution < 1.29 is 67.8 Å². The van der Waals surface area contributed by atoms with Crippen LogP contribution in [-0.2, 0) is 60.8 Å². The number of Topliss-reactive ketones (excluding diaryl/α,β-unsaturated/α-hetero) is 2. The second kappa shape index (κ2) is 34.2. The third kappa shape index (κ3) is 18.0. The maximum Gasteiger partial charge on any atom is 0.246 e. The zero-order chi connectivity index (χ0) is 66.8. The van der Waals surface area contributed by atoms with Crippen molar-refractivity contribution in [2.45, 2.75) is 231 Å². The lowest BCUT2D eigenvalue weighted by atomic mass is 9.93. The van der Waals surface area contributed by atoms with E-state index in [9.17, 15) is 58.2 Å². The van der Waals surface area contributed by atoms with Crippen LogP contribution in [0, 0.1) is 11.8 Å². The van der Waals surface area contributed by atoms with Crippen molar-refractivity contribution in [2.24, 2.45) is 11.8 Å². The first-order valence-corrected chi connectivity index (χ1v) is 33.3. The molecule has 0 spiro atoms. The Bertz CT molecular complexity index is 3230. The molecule has 4 aliphatic heterocycles. The second-order valence-electron chi connectivity index (χ2n) is 25.2. The number of rotatable bonds is 24. The molecule has 8 N–H and O–H groups in total. The Hall–Kier alpha value is -7.86. The molecule has 4 aliphatic rings. The van der Waals surface area contributed by atoms with E-state index in [1.807, 2.05) is 76.2 Å². The molecule has 24 heteroatoms. The first kappa shape index (κ1) is 71.6. The number of fused-ring (bicyclic) bond motifs is 4. The molecule has 92 heavy (non-hydrogen) atoms. The maximum absolute atomic E-state index is 14.0. The summed E-state index contributed by atoms with van der Waals surface area (Å²) in [6.45, 7) is 11.6. The van der Waals surface area contributed by atoms with Gasteiger partial charge in [0.2, 0.25) is 47.3 Å². The molecule has 0 bridgehead atoms. The van der Waals surface area contributed by atoms with Crippen LogP contribution in [0.3, 0.4) is 0 Å². The molecule has 24 nitrogen and oxygen atoms in total. The molecule has 4 unspecified atom stereocenters. The third-order valence-electron chi connectivity index (χ3n) is 18.8. The van der Waals surface area contributed by atoms with Crippen molar-refractivity contribution in [3.8, 4) is 0 Å². The van der Waals surface area contributed by atoms with Crippen LogP contribution in [-0.4, -0.2) is 176 Å². The van der Waals surface area contributed by atoms with E-state index in [2.05, 4.69) is 31.9 Å². The summed E-state index contributed by atoms with van der Waals surface area (Å²) in [7, 11) is 3.09. The van der Waals surface area contributed by atoms with E-state index in [0.29, 0.717) is 70.9 Å². The van der Waals surface area contributed by atoms with Gasteiger partial charge in [-0.25, -0.2) is 0 Å². The van der Waals surface area contributed by atoms with Gasteiger partial charge in [0, 0.05) is 61.9 Å². The van der Waals surface area contributed by atoms with Crippen molar-refractivity contribution in [1.29, 1.82) is 0 Å². The van der Waals surface area contributed by atoms with Crippen molar-refractivity contribution in [3.63, 3.8) is 0 Å². The Kier molecular flexibility index (Phi) is 26.6. The SMILES string of the molecule is CCC(=O)C(O)CCCC[C@@H]1NC(=O)[C@H]2CCCCN2C(=O)[C@H](C(C)CC)NC(=O)[C@H](Cc2cn(OC)c3ccccc23)NC1=O.CCC(C)[C@@H]1NC(=O)[C@H](Cc2cn(OC)c3ccccc23)NC(=O)[C@H](CCCCCC(=O)C(C)O)NC(=O)[C@H]2CCCCN2C1=O. The molecule has 12 atom stereocenters. The minimum atomic E-state index is -1.06. The topological polar surface area (TPSA) is 318 Å². The first-order chi connectivity index (χ1) is 44.1. The van der Waals surface area contributed by atoms with Gasteiger partial charge in [-0.1, -0.05) is 110 Å². The van der Waals surface area contributed by atoms with Crippen molar-refractivity contribution in [1.82, 2.24) is 51.2 Å². The van der Waals surface area contributed by atoms with E-state index < -0.39 is 90.1 Å². The molecule has 6 heterocycles. The summed E-state index contributed by atoms with van der Waals surface area (Å²) in [6.07, 6.45) is 10.8. The highest BCUT2D eigenvalue weighted by atomic mass is 16.6. The fraction of sp³-hybridized carbons (Fsp3) is 0.618. The van der Waals surface area contributed by atoms with Gasteiger partial charge in [0.25, 0.3) is 0 Å². The summed E-state index contributed by atoms with van der Waals surface area (Å²) in [5.74, 6) is -4.21. The molecule has 2 aromatic carbocycles. The molecule has 4 fully saturated rings. The number of carbonyl (C=O) groups is 10. The summed E-state index contributed by atoms with van der Waals surface area (Å²) >= 11 is 0. The number of nitrogens with zero attached hydrogens (tertiary/aromatic N) is 4. The van der Waals surface area contributed by atoms with Crippen molar-refractivity contribution >= 4 is 80.6 Å². The van der Waals surface area contributed by atoms with Crippen molar-refractivity contribution in [3.05, 3.63) is 72.1 Å². The number of aliphatic hydroxyl groups excluding tert-OH is 2. The van der Waals surface area contributed by atoms with E-state index in [1.165, 1.54) is 6.92 Å². The predicted octanol–water partition coefficient (Wildman–Crippen LogP) is 4.08. The summed E-state index contributed by atoms with van der Waals surface area (Å²) < 4.78 is 3.20. The summed E-state index contributed by atoms with van der Waals surface area (Å²) in [4.78, 5) is 149. The predicted molar refractivity (Wildman–Crippen MR) is 345 cm³/mol. The molecule has 0 aliphatic carbocycles. The average molecular weight is 1280 g/mol. The van der Waals surface area contributed by atoms with E-state index in [4.69, 9.17) is 9.68 Å². The van der Waals surface area contributed by atoms with Crippen LogP contribution in [0.2, 0.25) is 0 Å². The van der Waals surface area contributed by atoms with Crippen LogP contribution < -0.4 is 41.6 Å². The number of aliphatic hydroxyl groups is 2. The number of hydrogen-bond acceptors (Lipinski definition) is 14. The number of hydrogen-bond donors (Lipinski definition) is 8. The zero-order valence-corrected chi connectivity index (χ0v) is 54.8. The summed E-state index contributed by atoms with van der Waals surface area (Å²) in [5, 5.41) is 38.8. The second-order valence-corrected chi connectivity index (χ2v) is 25.2. The van der Waals surface area contributed by atoms with Crippen molar-refractivity contribution in [2.75, 3.05) is 27.3 Å². The molecule has 8 rings (SSSR count). The Morgan fingerprint density at radius 2 is 0.935 bits per heavy atom. The Morgan fingerprint density at radius 1 is 0.522 bits per heavy atom. The highest BCUT2D eigenvalue weighted by Gasteiger charge is 2.43. The van der Waals surface area contributed by atoms with Crippen LogP contribution in [0.25, 0.3) is 21.8 Å². The number of aromatic nitrogens is 2. The number of nitrogens with one attached hydrogen (secondary N) is 6. The normalized spacial score (nSPS) is 24.2. The van der Waals surface area contributed by atoms with Crippen LogP contribution in [0.4, 0.5) is 0 Å². The molecule has 8 amide bonds. The number of amides is 8. The number of piperidine rings is 2. The Labute approximate surface area is 539 Å². The number of unbranched alkanes of at least 4 members (excludes halogenated alkanes) is 3. The van der Waals surface area contributed by atoms with Gasteiger partial charge in [-0.15, -0.1) is 0 Å². The fourth-order valence-electron chi connectivity index (χ4n) is 12.8. The molecule has 4 saturated heterocycles. The van der Waals surface area contributed by atoms with Crippen LogP contribution in [0.5, 0.6) is 0 Å². The largest absolute Gasteiger partial charge is 0.417 e. The quantitative estimate of drug-likeness (QED) is 0.0459. The molecule has 504 valence electrons. The number of para-hydroxylation sites is 2. The Morgan fingerprint density at radius 3 is 1.35 bits per heavy atom. The number of ketones is 2. The van der Waals surface area contributed by atoms with Crippen LogP contribution in [0.1, 0.15) is 168 Å². The minimum Gasteiger partial charge on any atom is -0.417 e. The van der Waals surface area contributed by atoms with Gasteiger partial charge in [-0.3, -0.25) is 47.9 Å². The number of carbonyl (C=O) groups excluding carboxylic acids is 10. The highest BCUT2D eigenvalue weighted by Crippen LogP contribution is 2.28. The van der Waals surface area contributed by atoms with Crippen LogP contribution >= 0.6 is 0 Å². The summed E-state index contributed by atoms with van der Waals surface area (Å²) in [6, 6.07) is 7.94. The summed E-state index contributed by atoms with van der Waals surface area (Å²) in [5.41, 5.74) is 3.15. The number of benzene rings is 2. The van der Waals surface area contributed by atoms with Gasteiger partial charge >= 0.3 is 0 Å². The fourth-order valence-corrected chi connectivity index (χ4v) is 12.8. The Balaban J connectivity index is 0.000000261.